The van der Waals surface area contributed by atoms with Crippen molar-refractivity contribution in [3.63, 3.8) is 0 Å². The van der Waals surface area contributed by atoms with Crippen molar-refractivity contribution in [2.75, 3.05) is 26.3 Å². The Kier molecular flexibility index (Phi) is 6.44. The number of fused-ring (bicyclic) bond motifs is 2. The smallest absolute Gasteiger partial charge is 0.313 e. The minimum absolute atomic E-state index is 0.0358. The molecule has 7 atom stereocenters. The highest BCUT2D eigenvalue weighted by Gasteiger charge is 2.75. The van der Waals surface area contributed by atoms with Gasteiger partial charge in [-0.1, -0.05) is 51.8 Å². The van der Waals surface area contributed by atoms with Gasteiger partial charge in [-0.15, -0.1) is 0 Å². The average Bonchev–Trinajstić information content (AvgIpc) is 3.05. The first-order valence-electron chi connectivity index (χ1n) is 12.2. The van der Waals surface area contributed by atoms with Crippen LogP contribution in [0.3, 0.4) is 0 Å². The SMILES string of the molecule is CCCCN1CC=C[C@]23O[C@]4(C)C=CCOC(=O)[C@@H]4[C@H]2C(=O)N([C@@H](CO)[C@@H](C)CC)C3C1=O. The third kappa shape index (κ3) is 3.53. The first-order valence-corrected chi connectivity index (χ1v) is 12.2. The van der Waals surface area contributed by atoms with Crippen LogP contribution in [-0.2, 0) is 23.9 Å². The highest BCUT2D eigenvalue weighted by Crippen LogP contribution is 2.57. The number of aliphatic hydroxyl groups is 1. The lowest BCUT2D eigenvalue weighted by Crippen LogP contribution is -2.59. The van der Waals surface area contributed by atoms with Crippen molar-refractivity contribution in [1.29, 1.82) is 0 Å². The molecule has 33 heavy (non-hydrogen) atoms. The molecule has 0 radical (unpaired) electrons. The van der Waals surface area contributed by atoms with Crippen molar-refractivity contribution < 1.29 is 29.0 Å². The molecule has 2 amide bonds. The predicted octanol–water partition coefficient (Wildman–Crippen LogP) is 1.68. The zero-order valence-electron chi connectivity index (χ0n) is 20.0. The lowest BCUT2D eigenvalue weighted by molar-refractivity contribution is -0.160. The van der Waals surface area contributed by atoms with Crippen molar-refractivity contribution in [2.45, 2.75) is 70.2 Å². The summed E-state index contributed by atoms with van der Waals surface area (Å²) in [7, 11) is 0. The summed E-state index contributed by atoms with van der Waals surface area (Å²) >= 11 is 0. The maximum Gasteiger partial charge on any atom is 0.313 e. The topological polar surface area (TPSA) is 96.4 Å². The molecule has 8 heteroatoms. The number of cyclic esters (lactones) is 1. The summed E-state index contributed by atoms with van der Waals surface area (Å²) in [5.74, 6) is -2.81. The number of nitrogens with zero attached hydrogens (tertiary/aromatic N) is 2. The van der Waals surface area contributed by atoms with Crippen LogP contribution >= 0.6 is 0 Å². The predicted molar refractivity (Wildman–Crippen MR) is 121 cm³/mol. The first kappa shape index (κ1) is 24.0. The number of hydrogen-bond acceptors (Lipinski definition) is 6. The highest BCUT2D eigenvalue weighted by atomic mass is 16.6. The monoisotopic (exact) mass is 460 g/mol. The van der Waals surface area contributed by atoms with Gasteiger partial charge in [-0.2, -0.15) is 0 Å². The largest absolute Gasteiger partial charge is 0.461 e. The van der Waals surface area contributed by atoms with E-state index in [0.717, 1.165) is 19.3 Å². The van der Waals surface area contributed by atoms with Gasteiger partial charge in [-0.05, 0) is 25.3 Å². The Morgan fingerprint density at radius 3 is 2.58 bits per heavy atom. The van der Waals surface area contributed by atoms with Crippen LogP contribution in [0.1, 0.15) is 47.0 Å². The quantitative estimate of drug-likeness (QED) is 0.459. The van der Waals surface area contributed by atoms with Gasteiger partial charge in [0.1, 0.15) is 24.2 Å². The molecule has 1 spiro atoms. The highest BCUT2D eigenvalue weighted by molar-refractivity contribution is 5.99. The number of aliphatic hydroxyl groups excluding tert-OH is 1. The number of unbranched alkanes of at least 4 members (excludes halogenated alkanes) is 1. The molecule has 0 saturated carbocycles. The molecule has 4 aliphatic heterocycles. The summed E-state index contributed by atoms with van der Waals surface area (Å²) in [4.78, 5) is 44.5. The van der Waals surface area contributed by atoms with Crippen LogP contribution in [0.2, 0.25) is 0 Å². The number of rotatable bonds is 7. The van der Waals surface area contributed by atoms with E-state index in [1.54, 1.807) is 24.0 Å². The molecule has 0 aromatic heterocycles. The Balaban J connectivity index is 1.87. The van der Waals surface area contributed by atoms with E-state index < -0.39 is 41.1 Å². The van der Waals surface area contributed by atoms with Gasteiger partial charge in [0.15, 0.2) is 0 Å². The van der Waals surface area contributed by atoms with E-state index in [2.05, 4.69) is 6.92 Å². The minimum Gasteiger partial charge on any atom is -0.461 e. The molecular formula is C25H36N2O6. The first-order chi connectivity index (χ1) is 15.8. The van der Waals surface area contributed by atoms with Crippen molar-refractivity contribution in [2.24, 2.45) is 17.8 Å². The maximum absolute atomic E-state index is 14.1. The normalized spacial score (nSPS) is 37.2. The molecule has 0 aromatic carbocycles. The molecule has 182 valence electrons. The summed E-state index contributed by atoms with van der Waals surface area (Å²) < 4.78 is 12.1. The Morgan fingerprint density at radius 2 is 1.91 bits per heavy atom. The maximum atomic E-state index is 14.1. The third-order valence-electron chi connectivity index (χ3n) is 7.96. The fraction of sp³-hybridized carbons (Fsp3) is 0.720. The van der Waals surface area contributed by atoms with E-state index in [-0.39, 0.29) is 30.9 Å². The fourth-order valence-corrected chi connectivity index (χ4v) is 6.06. The molecule has 4 heterocycles. The Labute approximate surface area is 195 Å². The van der Waals surface area contributed by atoms with Gasteiger partial charge in [0, 0.05) is 13.1 Å². The van der Waals surface area contributed by atoms with Gasteiger partial charge in [-0.25, -0.2) is 0 Å². The second-order valence-electron chi connectivity index (χ2n) is 9.95. The Morgan fingerprint density at radius 1 is 1.15 bits per heavy atom. The van der Waals surface area contributed by atoms with Crippen molar-refractivity contribution >= 4 is 17.8 Å². The summed E-state index contributed by atoms with van der Waals surface area (Å²) in [5.41, 5.74) is -2.36. The van der Waals surface area contributed by atoms with Crippen molar-refractivity contribution in [1.82, 2.24) is 9.80 Å². The van der Waals surface area contributed by atoms with Crippen LogP contribution in [0.25, 0.3) is 0 Å². The molecule has 1 unspecified atom stereocenters. The van der Waals surface area contributed by atoms with E-state index in [9.17, 15) is 19.5 Å². The van der Waals surface area contributed by atoms with Crippen LogP contribution in [0.4, 0.5) is 0 Å². The number of carbonyl (C=O) groups is 3. The Bertz CT molecular complexity index is 871. The molecular weight excluding hydrogens is 424 g/mol. The summed E-state index contributed by atoms with van der Waals surface area (Å²) in [6.45, 7) is 8.68. The molecule has 0 bridgehead atoms. The molecule has 8 nitrogen and oxygen atoms in total. The lowest BCUT2D eigenvalue weighted by Gasteiger charge is -2.41. The van der Waals surface area contributed by atoms with E-state index in [4.69, 9.17) is 9.47 Å². The van der Waals surface area contributed by atoms with Crippen LogP contribution in [0, 0.1) is 17.8 Å². The molecule has 0 aromatic rings. The zero-order chi connectivity index (χ0) is 24.0. The molecule has 4 rings (SSSR count). The molecule has 4 aliphatic rings. The zero-order valence-corrected chi connectivity index (χ0v) is 20.0. The average molecular weight is 461 g/mol. The third-order valence-corrected chi connectivity index (χ3v) is 7.96. The number of hydrogen-bond donors (Lipinski definition) is 1. The molecule has 2 saturated heterocycles. The van der Waals surface area contributed by atoms with E-state index in [0.29, 0.717) is 13.1 Å². The van der Waals surface area contributed by atoms with E-state index in [1.807, 2.05) is 26.0 Å². The van der Waals surface area contributed by atoms with Gasteiger partial charge >= 0.3 is 5.97 Å². The number of ether oxygens (including phenoxy) is 2. The van der Waals surface area contributed by atoms with Gasteiger partial charge in [0.2, 0.25) is 11.8 Å². The minimum atomic E-state index is -1.30. The second kappa shape index (κ2) is 8.87. The molecule has 2 fully saturated rings. The van der Waals surface area contributed by atoms with Crippen LogP contribution in [0.15, 0.2) is 24.3 Å². The van der Waals surface area contributed by atoms with Crippen LogP contribution < -0.4 is 0 Å². The summed E-state index contributed by atoms with van der Waals surface area (Å²) in [6.07, 6.45) is 9.76. The standard InChI is InChI=1S/C25H36N2O6/c1-5-7-12-26-13-8-11-25-18(19-23(31)32-14-9-10-24(19,4)33-25)21(29)27(20(25)22(26)30)17(15-28)16(3)6-2/h8-11,16-20,28H,5-7,12-15H2,1-4H3/t16-,17-,18-,19-,20?,24+,25-/m0/s1. The van der Waals surface area contributed by atoms with Crippen LogP contribution in [0.5, 0.6) is 0 Å². The van der Waals surface area contributed by atoms with E-state index in [1.165, 1.54) is 4.90 Å². The van der Waals surface area contributed by atoms with Crippen LogP contribution in [-0.4, -0.2) is 82.3 Å². The fourth-order valence-electron chi connectivity index (χ4n) is 6.06. The van der Waals surface area contributed by atoms with Gasteiger partial charge in [0.05, 0.1) is 24.2 Å². The number of carbonyl (C=O) groups excluding carboxylic acids is 3. The Hall–Kier alpha value is -2.19. The second-order valence-corrected chi connectivity index (χ2v) is 9.95. The van der Waals surface area contributed by atoms with E-state index >= 15 is 0 Å². The lowest BCUT2D eigenvalue weighted by atomic mass is 9.75. The van der Waals surface area contributed by atoms with Gasteiger partial charge < -0.3 is 24.4 Å². The summed E-state index contributed by atoms with van der Waals surface area (Å²) in [5, 5.41) is 10.3. The molecule has 0 aliphatic carbocycles. The van der Waals surface area contributed by atoms with Crippen molar-refractivity contribution in [3.8, 4) is 0 Å². The molecule has 1 N–H and O–H groups in total. The number of likely N-dealkylation sites (tertiary alicyclic amines) is 1. The number of amides is 2. The summed E-state index contributed by atoms with van der Waals surface area (Å²) in [6, 6.07) is -1.49. The van der Waals surface area contributed by atoms with Crippen molar-refractivity contribution in [3.05, 3.63) is 24.3 Å². The van der Waals surface area contributed by atoms with Gasteiger partial charge in [-0.3, -0.25) is 14.4 Å². The number of esters is 1. The van der Waals surface area contributed by atoms with Gasteiger partial charge in [0.25, 0.3) is 0 Å².